The number of hydrogen-bond donors (Lipinski definition) is 1. The summed E-state index contributed by atoms with van der Waals surface area (Å²) in [5.41, 5.74) is 1.55. The summed E-state index contributed by atoms with van der Waals surface area (Å²) in [5.74, 6) is -0.154. The molecule has 0 spiro atoms. The van der Waals surface area contributed by atoms with Crippen molar-refractivity contribution in [3.63, 3.8) is 0 Å². The van der Waals surface area contributed by atoms with Crippen molar-refractivity contribution in [2.24, 2.45) is 5.41 Å². The second-order valence-electron chi connectivity index (χ2n) is 6.15. The Morgan fingerprint density at radius 3 is 2.28 bits per heavy atom. The van der Waals surface area contributed by atoms with E-state index in [2.05, 4.69) is 33.0 Å². The summed E-state index contributed by atoms with van der Waals surface area (Å²) < 4.78 is 12.8. The molecule has 0 aliphatic rings. The minimum absolute atomic E-state index is 0.154. The van der Waals surface area contributed by atoms with Crippen LogP contribution in [0.3, 0.4) is 0 Å². The number of aryl methyl sites for hydroxylation is 1. The molecule has 0 heterocycles. The maximum Gasteiger partial charge on any atom is 0.123 e. The first-order valence-electron chi connectivity index (χ1n) is 6.87. The fourth-order valence-electron chi connectivity index (χ4n) is 1.96. The van der Waals surface area contributed by atoms with Crippen molar-refractivity contribution >= 4 is 0 Å². The van der Waals surface area contributed by atoms with Crippen molar-refractivity contribution < 1.29 is 4.39 Å². The Bertz CT molecular complexity index is 341. The number of hydrogen-bond acceptors (Lipinski definition) is 1. The Kier molecular flexibility index (Phi) is 5.80. The second kappa shape index (κ2) is 6.89. The second-order valence-corrected chi connectivity index (χ2v) is 6.15. The highest BCUT2D eigenvalue weighted by molar-refractivity contribution is 5.16. The Balaban J connectivity index is 2.34. The first-order chi connectivity index (χ1) is 8.39. The van der Waals surface area contributed by atoms with E-state index in [-0.39, 0.29) is 5.82 Å². The van der Waals surface area contributed by atoms with Gasteiger partial charge in [0.15, 0.2) is 0 Å². The summed E-state index contributed by atoms with van der Waals surface area (Å²) in [6.07, 6.45) is 3.33. The molecule has 2 heteroatoms. The van der Waals surface area contributed by atoms with E-state index < -0.39 is 0 Å². The van der Waals surface area contributed by atoms with Crippen molar-refractivity contribution in [2.45, 2.75) is 53.0 Å². The lowest BCUT2D eigenvalue weighted by Gasteiger charge is -2.25. The van der Waals surface area contributed by atoms with Crippen LogP contribution in [-0.4, -0.2) is 12.6 Å². The van der Waals surface area contributed by atoms with Crippen LogP contribution in [0.25, 0.3) is 0 Å². The lowest BCUT2D eigenvalue weighted by molar-refractivity contribution is 0.298. The molecule has 0 saturated heterocycles. The fraction of sp³-hybridized carbons (Fsp3) is 0.625. The summed E-state index contributed by atoms with van der Waals surface area (Å²) in [4.78, 5) is 0. The quantitative estimate of drug-likeness (QED) is 0.767. The predicted octanol–water partition coefficient (Wildman–Crippen LogP) is 4.17. The molecule has 0 fully saturated rings. The van der Waals surface area contributed by atoms with Crippen molar-refractivity contribution in [3.8, 4) is 0 Å². The van der Waals surface area contributed by atoms with Gasteiger partial charge < -0.3 is 5.32 Å². The summed E-state index contributed by atoms with van der Waals surface area (Å²) in [5, 5.41) is 3.46. The fourth-order valence-corrected chi connectivity index (χ4v) is 1.96. The van der Waals surface area contributed by atoms with Gasteiger partial charge in [-0.3, -0.25) is 0 Å². The highest BCUT2D eigenvalue weighted by atomic mass is 19.1. The lowest BCUT2D eigenvalue weighted by Crippen LogP contribution is -2.28. The van der Waals surface area contributed by atoms with E-state index in [0.717, 1.165) is 19.4 Å². The Morgan fingerprint density at radius 1 is 1.11 bits per heavy atom. The van der Waals surface area contributed by atoms with Crippen LogP contribution in [0.4, 0.5) is 4.39 Å². The van der Waals surface area contributed by atoms with Gasteiger partial charge >= 0.3 is 0 Å². The average Bonchev–Trinajstić information content (AvgIpc) is 2.27. The third-order valence-corrected chi connectivity index (χ3v) is 3.36. The zero-order chi connectivity index (χ0) is 13.6. The molecule has 1 N–H and O–H groups in total. The van der Waals surface area contributed by atoms with E-state index in [1.54, 1.807) is 12.1 Å². The van der Waals surface area contributed by atoms with Gasteiger partial charge in [0, 0.05) is 6.04 Å². The van der Waals surface area contributed by atoms with Gasteiger partial charge in [-0.05, 0) is 48.9 Å². The zero-order valence-corrected chi connectivity index (χ0v) is 12.1. The number of nitrogens with one attached hydrogen (secondary N) is 1. The van der Waals surface area contributed by atoms with Gasteiger partial charge in [-0.15, -0.1) is 0 Å². The van der Waals surface area contributed by atoms with E-state index >= 15 is 0 Å². The van der Waals surface area contributed by atoms with Crippen LogP contribution in [0.5, 0.6) is 0 Å². The van der Waals surface area contributed by atoms with Crippen LogP contribution in [0.2, 0.25) is 0 Å². The molecule has 0 aromatic heterocycles. The van der Waals surface area contributed by atoms with E-state index in [0.29, 0.717) is 11.5 Å². The smallest absolute Gasteiger partial charge is 0.123 e. The predicted molar refractivity (Wildman–Crippen MR) is 76.3 cm³/mol. The Hall–Kier alpha value is -0.890. The van der Waals surface area contributed by atoms with Crippen LogP contribution in [0.1, 0.15) is 46.1 Å². The molecule has 0 bridgehead atoms. The van der Waals surface area contributed by atoms with E-state index in [4.69, 9.17) is 0 Å². The van der Waals surface area contributed by atoms with E-state index in [1.165, 1.54) is 12.0 Å². The molecule has 102 valence electrons. The molecule has 0 unspecified atom stereocenters. The average molecular weight is 251 g/mol. The summed E-state index contributed by atoms with van der Waals surface area (Å²) in [6.45, 7) is 10.0. The number of rotatable bonds is 7. The number of halogens is 1. The number of benzene rings is 1. The maximum atomic E-state index is 12.8. The van der Waals surface area contributed by atoms with Gasteiger partial charge in [-0.1, -0.05) is 39.8 Å². The molecular weight excluding hydrogens is 225 g/mol. The summed E-state index contributed by atoms with van der Waals surface area (Å²) in [7, 11) is 0. The molecular formula is C16H26FN. The van der Waals surface area contributed by atoms with Gasteiger partial charge in [0.05, 0.1) is 0 Å². The largest absolute Gasteiger partial charge is 0.315 e. The van der Waals surface area contributed by atoms with Crippen LogP contribution >= 0.6 is 0 Å². The highest BCUT2D eigenvalue weighted by Gasteiger charge is 2.17. The summed E-state index contributed by atoms with van der Waals surface area (Å²) in [6, 6.07) is 7.42. The van der Waals surface area contributed by atoms with Gasteiger partial charge in [-0.25, -0.2) is 4.39 Å². The molecule has 18 heavy (non-hydrogen) atoms. The molecule has 0 amide bonds. The molecule has 0 saturated carbocycles. The monoisotopic (exact) mass is 251 g/mol. The third-order valence-electron chi connectivity index (χ3n) is 3.36. The van der Waals surface area contributed by atoms with E-state index in [9.17, 15) is 4.39 Å². The first kappa shape index (κ1) is 15.2. The van der Waals surface area contributed by atoms with Crippen LogP contribution < -0.4 is 5.32 Å². The van der Waals surface area contributed by atoms with E-state index in [1.807, 2.05) is 12.1 Å². The normalized spacial score (nSPS) is 12.1. The molecule has 1 aromatic rings. The van der Waals surface area contributed by atoms with Gasteiger partial charge in [0.25, 0.3) is 0 Å². The van der Waals surface area contributed by atoms with Crippen molar-refractivity contribution in [2.75, 3.05) is 6.54 Å². The lowest BCUT2D eigenvalue weighted by atomic mass is 9.83. The summed E-state index contributed by atoms with van der Waals surface area (Å²) >= 11 is 0. The van der Waals surface area contributed by atoms with Crippen molar-refractivity contribution in [1.29, 1.82) is 0 Å². The van der Waals surface area contributed by atoms with Crippen LogP contribution in [-0.2, 0) is 6.42 Å². The topological polar surface area (TPSA) is 12.0 Å². The molecule has 1 aromatic carbocycles. The molecule has 0 aliphatic heterocycles. The third kappa shape index (κ3) is 6.15. The zero-order valence-electron chi connectivity index (χ0n) is 12.1. The molecule has 0 radical (unpaired) electrons. The van der Waals surface area contributed by atoms with Crippen molar-refractivity contribution in [3.05, 3.63) is 35.6 Å². The Morgan fingerprint density at radius 2 is 1.72 bits per heavy atom. The maximum absolute atomic E-state index is 12.8. The van der Waals surface area contributed by atoms with Gasteiger partial charge in [0.2, 0.25) is 0 Å². The molecule has 0 aliphatic carbocycles. The minimum atomic E-state index is -0.154. The van der Waals surface area contributed by atoms with Gasteiger partial charge in [-0.2, -0.15) is 0 Å². The SMILES string of the molecule is CC(C)NCCC(C)(C)CCc1ccc(F)cc1. The standard InChI is InChI=1S/C16H26FN/c1-13(2)18-12-11-16(3,4)10-9-14-5-7-15(17)8-6-14/h5-8,13,18H,9-12H2,1-4H3. The highest BCUT2D eigenvalue weighted by Crippen LogP contribution is 2.26. The first-order valence-corrected chi connectivity index (χ1v) is 6.87. The molecule has 0 atom stereocenters. The van der Waals surface area contributed by atoms with Gasteiger partial charge in [0.1, 0.15) is 5.82 Å². The molecule has 1 rings (SSSR count). The van der Waals surface area contributed by atoms with Crippen molar-refractivity contribution in [1.82, 2.24) is 5.32 Å². The van der Waals surface area contributed by atoms with Crippen LogP contribution in [0, 0.1) is 11.2 Å². The van der Waals surface area contributed by atoms with Crippen LogP contribution in [0.15, 0.2) is 24.3 Å². The Labute approximate surface area is 111 Å². The minimum Gasteiger partial charge on any atom is -0.315 e. The molecule has 1 nitrogen and oxygen atoms in total.